The van der Waals surface area contributed by atoms with Crippen molar-refractivity contribution in [3.8, 4) is 0 Å². The third kappa shape index (κ3) is 3.50. The molecule has 2 rings (SSSR count). The van der Waals surface area contributed by atoms with Gasteiger partial charge in [0.2, 0.25) is 5.76 Å². The molecule has 4 heteroatoms. The lowest BCUT2D eigenvalue weighted by Gasteiger charge is -2.20. The van der Waals surface area contributed by atoms with Crippen LogP contribution in [0.5, 0.6) is 0 Å². The molecule has 1 aromatic rings. The first-order chi connectivity index (χ1) is 9.20. The Kier molecular flexibility index (Phi) is 4.44. The quantitative estimate of drug-likeness (QED) is 0.905. The Hall–Kier alpha value is -1.97. The van der Waals surface area contributed by atoms with Crippen LogP contribution in [0.4, 0.5) is 0 Å². The summed E-state index contributed by atoms with van der Waals surface area (Å²) in [5, 5.41) is 2.96. The summed E-state index contributed by atoms with van der Waals surface area (Å²) in [6.45, 7) is 4.99. The highest BCUT2D eigenvalue weighted by Gasteiger charge is 2.19. The standard InChI is InChI=1S/C15H19NO3/c1-3-13(12-6-4-11(2)5-7-12)16-15(17)14-10-18-8-9-19-14/h4-7,10,13H,3,8-9H2,1-2H3,(H,16,17). The van der Waals surface area contributed by atoms with Gasteiger partial charge in [0.05, 0.1) is 6.04 Å². The number of hydrogen-bond acceptors (Lipinski definition) is 3. The Balaban J connectivity index is 2.04. The van der Waals surface area contributed by atoms with Gasteiger partial charge in [0.15, 0.2) is 0 Å². The van der Waals surface area contributed by atoms with Gasteiger partial charge in [-0.05, 0) is 18.9 Å². The van der Waals surface area contributed by atoms with Crippen molar-refractivity contribution >= 4 is 5.91 Å². The van der Waals surface area contributed by atoms with Crippen LogP contribution in [0.25, 0.3) is 0 Å². The zero-order valence-electron chi connectivity index (χ0n) is 11.3. The summed E-state index contributed by atoms with van der Waals surface area (Å²) in [6, 6.07) is 8.15. The molecule has 1 aliphatic rings. The molecule has 1 aromatic carbocycles. The fourth-order valence-electron chi connectivity index (χ4n) is 1.94. The lowest BCUT2D eigenvalue weighted by molar-refractivity contribution is -0.123. The summed E-state index contributed by atoms with van der Waals surface area (Å²) in [6.07, 6.45) is 2.20. The topological polar surface area (TPSA) is 47.6 Å². The van der Waals surface area contributed by atoms with Gasteiger partial charge in [-0.3, -0.25) is 4.79 Å². The number of hydrogen-bond donors (Lipinski definition) is 1. The maximum Gasteiger partial charge on any atom is 0.290 e. The average molecular weight is 261 g/mol. The van der Waals surface area contributed by atoms with Gasteiger partial charge < -0.3 is 14.8 Å². The van der Waals surface area contributed by atoms with Gasteiger partial charge in [0.1, 0.15) is 19.5 Å². The monoisotopic (exact) mass is 261 g/mol. The second kappa shape index (κ2) is 6.27. The van der Waals surface area contributed by atoms with Gasteiger partial charge in [-0.2, -0.15) is 0 Å². The summed E-state index contributed by atoms with van der Waals surface area (Å²) in [5.74, 6) is 0.0175. The number of carbonyl (C=O) groups is 1. The van der Waals surface area contributed by atoms with Gasteiger partial charge in [-0.15, -0.1) is 0 Å². The van der Waals surface area contributed by atoms with Gasteiger partial charge in [0, 0.05) is 0 Å². The zero-order valence-corrected chi connectivity index (χ0v) is 11.3. The largest absolute Gasteiger partial charge is 0.494 e. The number of amides is 1. The van der Waals surface area contributed by atoms with Crippen molar-refractivity contribution in [2.45, 2.75) is 26.3 Å². The van der Waals surface area contributed by atoms with Gasteiger partial charge in [-0.25, -0.2) is 0 Å². The van der Waals surface area contributed by atoms with Crippen LogP contribution >= 0.6 is 0 Å². The van der Waals surface area contributed by atoms with Gasteiger partial charge in [0.25, 0.3) is 5.91 Å². The van der Waals surface area contributed by atoms with E-state index in [4.69, 9.17) is 9.47 Å². The molecule has 1 aliphatic heterocycles. The number of nitrogens with one attached hydrogen (secondary N) is 1. The molecular weight excluding hydrogens is 242 g/mol. The van der Waals surface area contributed by atoms with Crippen molar-refractivity contribution in [1.82, 2.24) is 5.32 Å². The molecule has 0 aromatic heterocycles. The van der Waals surface area contributed by atoms with Crippen LogP contribution in [0, 0.1) is 6.92 Å². The van der Waals surface area contributed by atoms with Gasteiger partial charge in [-0.1, -0.05) is 36.8 Å². The summed E-state index contributed by atoms with van der Waals surface area (Å²) in [7, 11) is 0. The van der Waals surface area contributed by atoms with Crippen molar-refractivity contribution in [3.05, 3.63) is 47.4 Å². The second-order valence-corrected chi connectivity index (χ2v) is 4.55. The van der Waals surface area contributed by atoms with E-state index in [1.807, 2.05) is 38.1 Å². The molecule has 1 atom stereocenters. The Bertz CT molecular complexity index is 465. The highest BCUT2D eigenvalue weighted by molar-refractivity contribution is 5.91. The Labute approximate surface area is 113 Å². The zero-order chi connectivity index (χ0) is 13.7. The molecule has 4 nitrogen and oxygen atoms in total. The predicted molar refractivity (Wildman–Crippen MR) is 72.3 cm³/mol. The second-order valence-electron chi connectivity index (χ2n) is 4.55. The Morgan fingerprint density at radius 1 is 1.32 bits per heavy atom. The third-order valence-electron chi connectivity index (χ3n) is 3.07. The highest BCUT2D eigenvalue weighted by Crippen LogP contribution is 2.18. The normalized spacial score (nSPS) is 15.8. The molecule has 1 amide bonds. The maximum absolute atomic E-state index is 12.0. The SMILES string of the molecule is CCC(NC(=O)C1=COCCO1)c1ccc(C)cc1. The van der Waals surface area contributed by atoms with Crippen molar-refractivity contribution in [2.24, 2.45) is 0 Å². The third-order valence-corrected chi connectivity index (χ3v) is 3.07. The Morgan fingerprint density at radius 3 is 2.63 bits per heavy atom. The lowest BCUT2D eigenvalue weighted by atomic mass is 10.0. The molecule has 0 aliphatic carbocycles. The molecule has 0 fully saturated rings. The van der Waals surface area contributed by atoms with E-state index >= 15 is 0 Å². The number of carbonyl (C=O) groups excluding carboxylic acids is 1. The summed E-state index contributed by atoms with van der Waals surface area (Å²) in [5.41, 5.74) is 2.30. The van der Waals surface area contributed by atoms with E-state index in [1.54, 1.807) is 0 Å². The molecule has 102 valence electrons. The molecule has 0 spiro atoms. The molecule has 0 saturated carbocycles. The molecule has 1 heterocycles. The fraction of sp³-hybridized carbons (Fsp3) is 0.400. The maximum atomic E-state index is 12.0. The van der Waals surface area contributed by atoms with Crippen molar-refractivity contribution in [3.63, 3.8) is 0 Å². The smallest absolute Gasteiger partial charge is 0.290 e. The summed E-state index contributed by atoms with van der Waals surface area (Å²) >= 11 is 0. The fourth-order valence-corrected chi connectivity index (χ4v) is 1.94. The van der Waals surface area contributed by atoms with Crippen LogP contribution in [-0.2, 0) is 14.3 Å². The summed E-state index contributed by atoms with van der Waals surface area (Å²) < 4.78 is 10.4. The van der Waals surface area contributed by atoms with E-state index in [9.17, 15) is 4.79 Å². The molecular formula is C15H19NO3. The number of aryl methyl sites for hydroxylation is 1. The number of ether oxygens (including phenoxy) is 2. The predicted octanol–water partition coefficient (Wildman–Crippen LogP) is 2.45. The minimum Gasteiger partial charge on any atom is -0.494 e. The van der Waals surface area contributed by atoms with Crippen LogP contribution in [0.3, 0.4) is 0 Å². The Morgan fingerprint density at radius 2 is 2.05 bits per heavy atom. The van der Waals surface area contributed by atoms with E-state index in [-0.39, 0.29) is 17.7 Å². The van der Waals surface area contributed by atoms with Crippen molar-refractivity contribution in [1.29, 1.82) is 0 Å². The number of benzene rings is 1. The number of rotatable bonds is 4. The molecule has 0 saturated heterocycles. The van der Waals surface area contributed by atoms with E-state index in [0.717, 1.165) is 12.0 Å². The lowest BCUT2D eigenvalue weighted by Crippen LogP contribution is -2.31. The van der Waals surface area contributed by atoms with E-state index < -0.39 is 0 Å². The highest BCUT2D eigenvalue weighted by atomic mass is 16.6. The minimum absolute atomic E-state index is 0.0143. The van der Waals surface area contributed by atoms with Crippen molar-refractivity contribution in [2.75, 3.05) is 13.2 Å². The molecule has 19 heavy (non-hydrogen) atoms. The molecule has 1 unspecified atom stereocenters. The van der Waals surface area contributed by atoms with Crippen LogP contribution in [0.15, 0.2) is 36.3 Å². The van der Waals surface area contributed by atoms with E-state index in [2.05, 4.69) is 5.32 Å². The van der Waals surface area contributed by atoms with Gasteiger partial charge >= 0.3 is 0 Å². The first-order valence-electron chi connectivity index (χ1n) is 6.52. The molecule has 0 radical (unpaired) electrons. The van der Waals surface area contributed by atoms with E-state index in [0.29, 0.717) is 13.2 Å². The first-order valence-corrected chi connectivity index (χ1v) is 6.52. The van der Waals surface area contributed by atoms with Crippen molar-refractivity contribution < 1.29 is 14.3 Å². The summed E-state index contributed by atoms with van der Waals surface area (Å²) in [4.78, 5) is 12.0. The first kappa shape index (κ1) is 13.5. The van der Waals surface area contributed by atoms with Crippen LogP contribution in [-0.4, -0.2) is 19.1 Å². The van der Waals surface area contributed by atoms with E-state index in [1.165, 1.54) is 11.8 Å². The minimum atomic E-state index is -0.230. The molecule has 0 bridgehead atoms. The molecule has 1 N–H and O–H groups in total. The van der Waals surface area contributed by atoms with Crippen LogP contribution in [0.2, 0.25) is 0 Å². The van der Waals surface area contributed by atoms with Crippen LogP contribution < -0.4 is 5.32 Å². The van der Waals surface area contributed by atoms with Crippen LogP contribution in [0.1, 0.15) is 30.5 Å². The average Bonchev–Trinajstić information content (AvgIpc) is 2.46.